The molecule has 1 unspecified atom stereocenters. The monoisotopic (exact) mass is 513 g/mol. The SMILES string of the molecule is COc1ccc(C(=O)N(Cc2ccco2)C2CC(=O)N(c3ccc(S(N)(=O)=O)cc3)C2=O)cc1OC. The number of carbonyl (C=O) groups excluding carboxylic acids is 3. The molecule has 1 aliphatic rings. The van der Waals surface area contributed by atoms with Gasteiger partial charge in [-0.3, -0.25) is 14.4 Å². The quantitative estimate of drug-likeness (QED) is 0.449. The van der Waals surface area contributed by atoms with E-state index in [0.29, 0.717) is 17.3 Å². The summed E-state index contributed by atoms with van der Waals surface area (Å²) in [5.41, 5.74) is 0.381. The van der Waals surface area contributed by atoms with Crippen molar-refractivity contribution in [3.05, 3.63) is 72.2 Å². The number of furan rings is 1. The molecule has 1 fully saturated rings. The molecule has 0 aliphatic carbocycles. The molecule has 3 aromatic rings. The Morgan fingerprint density at radius 1 is 1.08 bits per heavy atom. The molecule has 0 spiro atoms. The maximum atomic E-state index is 13.6. The molecule has 36 heavy (non-hydrogen) atoms. The number of primary sulfonamides is 1. The van der Waals surface area contributed by atoms with Gasteiger partial charge < -0.3 is 18.8 Å². The number of amides is 3. The molecule has 2 heterocycles. The molecule has 0 bridgehead atoms. The fourth-order valence-electron chi connectivity index (χ4n) is 3.94. The van der Waals surface area contributed by atoms with E-state index in [2.05, 4.69) is 0 Å². The van der Waals surface area contributed by atoms with Crippen LogP contribution in [0.2, 0.25) is 0 Å². The molecule has 188 valence electrons. The van der Waals surface area contributed by atoms with E-state index >= 15 is 0 Å². The Labute approximate surface area is 207 Å². The number of hydrogen-bond acceptors (Lipinski definition) is 8. The van der Waals surface area contributed by atoms with Crippen molar-refractivity contribution in [1.82, 2.24) is 4.90 Å². The van der Waals surface area contributed by atoms with Crippen molar-refractivity contribution in [2.24, 2.45) is 5.14 Å². The van der Waals surface area contributed by atoms with Crippen LogP contribution in [0.1, 0.15) is 22.5 Å². The van der Waals surface area contributed by atoms with Crippen LogP contribution in [0.15, 0.2) is 70.2 Å². The van der Waals surface area contributed by atoms with Crippen LogP contribution in [0.5, 0.6) is 11.5 Å². The number of anilines is 1. The highest BCUT2D eigenvalue weighted by Gasteiger charge is 2.45. The second-order valence-electron chi connectivity index (χ2n) is 7.91. The van der Waals surface area contributed by atoms with E-state index in [1.807, 2.05) is 0 Å². The summed E-state index contributed by atoms with van der Waals surface area (Å²) < 4.78 is 39.0. The molecule has 3 amide bonds. The standard InChI is InChI=1S/C24H23N3O8S/c1-33-20-10-5-15(12-21(20)34-2)23(29)26(14-17-4-3-11-35-17)19-13-22(28)27(24(19)30)16-6-8-18(9-7-16)36(25,31)32/h3-12,19H,13-14H2,1-2H3,(H2,25,31,32). The topological polar surface area (TPSA) is 149 Å². The van der Waals surface area contributed by atoms with Crippen molar-refractivity contribution >= 4 is 33.4 Å². The van der Waals surface area contributed by atoms with Gasteiger partial charge in [-0.15, -0.1) is 0 Å². The van der Waals surface area contributed by atoms with E-state index < -0.39 is 33.8 Å². The maximum absolute atomic E-state index is 13.6. The van der Waals surface area contributed by atoms with Gasteiger partial charge in [0, 0.05) is 5.56 Å². The minimum absolute atomic E-state index is 0.0674. The molecule has 1 aliphatic heterocycles. The lowest BCUT2D eigenvalue weighted by Crippen LogP contribution is -2.45. The Balaban J connectivity index is 1.68. The van der Waals surface area contributed by atoms with Gasteiger partial charge >= 0.3 is 0 Å². The van der Waals surface area contributed by atoms with Crippen LogP contribution in [-0.4, -0.2) is 51.3 Å². The highest BCUT2D eigenvalue weighted by atomic mass is 32.2. The highest BCUT2D eigenvalue weighted by molar-refractivity contribution is 7.89. The van der Waals surface area contributed by atoms with Crippen molar-refractivity contribution in [3.8, 4) is 11.5 Å². The lowest BCUT2D eigenvalue weighted by atomic mass is 10.1. The van der Waals surface area contributed by atoms with Gasteiger partial charge in [0.2, 0.25) is 15.9 Å². The number of methoxy groups -OCH3 is 2. The Morgan fingerprint density at radius 2 is 1.78 bits per heavy atom. The van der Waals surface area contributed by atoms with Crippen molar-refractivity contribution in [3.63, 3.8) is 0 Å². The van der Waals surface area contributed by atoms with Crippen LogP contribution in [-0.2, 0) is 26.2 Å². The Hall–Kier alpha value is -4.16. The summed E-state index contributed by atoms with van der Waals surface area (Å²) in [6.07, 6.45) is 1.17. The molecule has 11 nitrogen and oxygen atoms in total. The first-order valence-electron chi connectivity index (χ1n) is 10.7. The predicted octanol–water partition coefficient (Wildman–Crippen LogP) is 1.92. The summed E-state index contributed by atoms with van der Waals surface area (Å²) >= 11 is 0. The molecule has 1 saturated heterocycles. The Morgan fingerprint density at radius 3 is 2.36 bits per heavy atom. The zero-order chi connectivity index (χ0) is 26.0. The van der Waals surface area contributed by atoms with Gasteiger partial charge in [0.25, 0.3) is 11.8 Å². The van der Waals surface area contributed by atoms with E-state index in [0.717, 1.165) is 4.90 Å². The first-order valence-corrected chi connectivity index (χ1v) is 12.2. The van der Waals surface area contributed by atoms with E-state index in [-0.39, 0.29) is 29.1 Å². The lowest BCUT2D eigenvalue weighted by Gasteiger charge is -2.27. The van der Waals surface area contributed by atoms with E-state index in [1.165, 1.54) is 61.8 Å². The number of carbonyl (C=O) groups is 3. The molecular formula is C24H23N3O8S. The second-order valence-corrected chi connectivity index (χ2v) is 9.47. The maximum Gasteiger partial charge on any atom is 0.257 e. The summed E-state index contributed by atoms with van der Waals surface area (Å²) in [7, 11) is -1.04. The number of nitrogens with zero attached hydrogens (tertiary/aromatic N) is 2. The zero-order valence-electron chi connectivity index (χ0n) is 19.4. The average molecular weight is 514 g/mol. The third-order valence-corrected chi connectivity index (χ3v) is 6.65. The van der Waals surface area contributed by atoms with Crippen LogP contribution >= 0.6 is 0 Å². The van der Waals surface area contributed by atoms with Gasteiger partial charge in [-0.1, -0.05) is 0 Å². The number of ether oxygens (including phenoxy) is 2. The molecule has 1 aromatic heterocycles. The van der Waals surface area contributed by atoms with Crippen LogP contribution < -0.4 is 19.5 Å². The zero-order valence-corrected chi connectivity index (χ0v) is 20.2. The molecule has 4 rings (SSSR count). The third-order valence-electron chi connectivity index (χ3n) is 5.72. The summed E-state index contributed by atoms with van der Waals surface area (Å²) in [6, 6.07) is 11.8. The lowest BCUT2D eigenvalue weighted by molar-refractivity contribution is -0.122. The summed E-state index contributed by atoms with van der Waals surface area (Å²) in [5, 5.41) is 5.12. The van der Waals surface area contributed by atoms with Gasteiger partial charge in [0.1, 0.15) is 11.8 Å². The summed E-state index contributed by atoms with van der Waals surface area (Å²) in [6.45, 7) is -0.0674. The molecule has 0 saturated carbocycles. The Bertz CT molecular complexity index is 1400. The van der Waals surface area contributed by atoms with Crippen molar-refractivity contribution in [1.29, 1.82) is 0 Å². The highest BCUT2D eigenvalue weighted by Crippen LogP contribution is 2.31. The molecule has 2 aromatic carbocycles. The number of sulfonamides is 1. The molecule has 12 heteroatoms. The van der Waals surface area contributed by atoms with Crippen LogP contribution in [0.4, 0.5) is 5.69 Å². The number of nitrogens with two attached hydrogens (primary N) is 1. The minimum Gasteiger partial charge on any atom is -0.493 e. The average Bonchev–Trinajstić information content (AvgIpc) is 3.48. The van der Waals surface area contributed by atoms with Crippen molar-refractivity contribution in [2.75, 3.05) is 19.1 Å². The van der Waals surface area contributed by atoms with Crippen LogP contribution in [0, 0.1) is 0 Å². The van der Waals surface area contributed by atoms with Gasteiger partial charge in [-0.2, -0.15) is 0 Å². The summed E-state index contributed by atoms with van der Waals surface area (Å²) in [5.74, 6) is -0.536. The van der Waals surface area contributed by atoms with Crippen LogP contribution in [0.25, 0.3) is 0 Å². The van der Waals surface area contributed by atoms with Crippen molar-refractivity contribution in [2.45, 2.75) is 23.9 Å². The van der Waals surface area contributed by atoms with E-state index in [9.17, 15) is 22.8 Å². The van der Waals surface area contributed by atoms with E-state index in [1.54, 1.807) is 18.2 Å². The first kappa shape index (κ1) is 24.9. The van der Waals surface area contributed by atoms with Crippen molar-refractivity contribution < 1.29 is 36.7 Å². The van der Waals surface area contributed by atoms with E-state index in [4.69, 9.17) is 19.0 Å². The van der Waals surface area contributed by atoms with Gasteiger partial charge in [-0.25, -0.2) is 18.5 Å². The summed E-state index contributed by atoms with van der Waals surface area (Å²) in [4.78, 5) is 41.9. The Kier molecular flexibility index (Phi) is 6.82. The normalized spacial score (nSPS) is 15.8. The fraction of sp³-hybridized carbons (Fsp3) is 0.208. The molecular weight excluding hydrogens is 490 g/mol. The van der Waals surface area contributed by atoms with Gasteiger partial charge in [0.05, 0.1) is 44.0 Å². The number of benzene rings is 2. The number of rotatable bonds is 8. The fourth-order valence-corrected chi connectivity index (χ4v) is 4.46. The first-order chi connectivity index (χ1) is 17.1. The minimum atomic E-state index is -3.95. The third kappa shape index (κ3) is 4.81. The molecule has 2 N–H and O–H groups in total. The number of imide groups is 1. The smallest absolute Gasteiger partial charge is 0.257 e. The van der Waals surface area contributed by atoms with Gasteiger partial charge in [0.15, 0.2) is 11.5 Å². The van der Waals surface area contributed by atoms with Gasteiger partial charge in [-0.05, 0) is 54.6 Å². The molecule has 1 atom stereocenters. The largest absolute Gasteiger partial charge is 0.493 e. The molecule has 0 radical (unpaired) electrons. The van der Waals surface area contributed by atoms with Crippen LogP contribution in [0.3, 0.4) is 0 Å². The predicted molar refractivity (Wildman–Crippen MR) is 127 cm³/mol. The number of hydrogen-bond donors (Lipinski definition) is 1. The second kappa shape index (κ2) is 9.84.